The van der Waals surface area contributed by atoms with Crippen molar-refractivity contribution in [3.05, 3.63) is 35.4 Å². The molecule has 0 unspecified atom stereocenters. The largest absolute Gasteiger partial charge is 0.340 e. The van der Waals surface area contributed by atoms with Gasteiger partial charge in [-0.1, -0.05) is 12.1 Å². The van der Waals surface area contributed by atoms with Crippen LogP contribution in [-0.2, 0) is 9.59 Å². The SMILES string of the molecule is CC(=O)CN1CCN(C(=O)CCN2C(=O)c3ccccc3C2=O)CC1. The molecule has 7 nitrogen and oxygen atoms in total. The quantitative estimate of drug-likeness (QED) is 0.724. The lowest BCUT2D eigenvalue weighted by molar-refractivity contribution is -0.133. The third-order valence-corrected chi connectivity index (χ3v) is 4.60. The van der Waals surface area contributed by atoms with Crippen molar-refractivity contribution in [2.75, 3.05) is 39.3 Å². The summed E-state index contributed by atoms with van der Waals surface area (Å²) in [6, 6.07) is 6.70. The van der Waals surface area contributed by atoms with Crippen LogP contribution >= 0.6 is 0 Å². The summed E-state index contributed by atoms with van der Waals surface area (Å²) in [5, 5.41) is 0. The number of fused-ring (bicyclic) bond motifs is 1. The zero-order chi connectivity index (χ0) is 18.0. The van der Waals surface area contributed by atoms with E-state index in [4.69, 9.17) is 0 Å². The fourth-order valence-electron chi connectivity index (χ4n) is 3.28. The van der Waals surface area contributed by atoms with Crippen molar-refractivity contribution in [2.45, 2.75) is 13.3 Å². The Bertz CT molecular complexity index is 688. The van der Waals surface area contributed by atoms with Crippen LogP contribution in [0.25, 0.3) is 0 Å². The Hall–Kier alpha value is -2.54. The maximum atomic E-state index is 12.4. The molecule has 0 atom stereocenters. The Morgan fingerprint density at radius 3 is 2.04 bits per heavy atom. The molecule has 1 aromatic carbocycles. The first kappa shape index (κ1) is 17.3. The van der Waals surface area contributed by atoms with Gasteiger partial charge in [0, 0.05) is 39.1 Å². The normalized spacial score (nSPS) is 17.8. The minimum Gasteiger partial charge on any atom is -0.340 e. The predicted octanol–water partition coefficient (Wildman–Crippen LogP) is 0.406. The number of carbonyl (C=O) groups excluding carboxylic acids is 4. The van der Waals surface area contributed by atoms with Crippen LogP contribution in [0.2, 0.25) is 0 Å². The highest BCUT2D eigenvalue weighted by molar-refractivity contribution is 6.21. The predicted molar refractivity (Wildman–Crippen MR) is 90.1 cm³/mol. The van der Waals surface area contributed by atoms with E-state index in [0.29, 0.717) is 43.9 Å². The molecule has 1 aromatic rings. The van der Waals surface area contributed by atoms with E-state index in [1.807, 2.05) is 4.90 Å². The standard InChI is InChI=1S/C18H21N3O4/c1-13(22)12-19-8-10-20(11-9-19)16(23)6-7-21-17(24)14-4-2-3-5-15(14)18(21)25/h2-5H,6-12H2,1H3. The van der Waals surface area contributed by atoms with Gasteiger partial charge in [0.2, 0.25) is 5.91 Å². The summed E-state index contributed by atoms with van der Waals surface area (Å²) < 4.78 is 0. The Kier molecular flexibility index (Phi) is 4.94. The number of hydrogen-bond donors (Lipinski definition) is 0. The zero-order valence-electron chi connectivity index (χ0n) is 14.2. The first-order chi connectivity index (χ1) is 12.0. The van der Waals surface area contributed by atoms with Gasteiger partial charge in [-0.2, -0.15) is 0 Å². The Morgan fingerprint density at radius 1 is 0.960 bits per heavy atom. The van der Waals surface area contributed by atoms with E-state index >= 15 is 0 Å². The number of amides is 3. The molecular formula is C18H21N3O4. The summed E-state index contributed by atoms with van der Waals surface area (Å²) in [5.74, 6) is -0.621. The minimum atomic E-state index is -0.334. The molecule has 3 rings (SSSR count). The van der Waals surface area contributed by atoms with Gasteiger partial charge < -0.3 is 4.90 Å². The van der Waals surface area contributed by atoms with E-state index in [-0.39, 0.29) is 36.5 Å². The summed E-state index contributed by atoms with van der Waals surface area (Å²) >= 11 is 0. The number of Topliss-reactive ketones (excluding diaryl/α,β-unsaturated/α-hetero) is 1. The summed E-state index contributed by atoms with van der Waals surface area (Å²) in [4.78, 5) is 53.0. The number of hydrogen-bond acceptors (Lipinski definition) is 5. The van der Waals surface area contributed by atoms with Crippen molar-refractivity contribution in [3.63, 3.8) is 0 Å². The number of nitrogens with zero attached hydrogens (tertiary/aromatic N) is 3. The molecule has 3 amide bonds. The van der Waals surface area contributed by atoms with Crippen LogP contribution in [0.5, 0.6) is 0 Å². The second-order valence-corrected chi connectivity index (χ2v) is 6.42. The first-order valence-electron chi connectivity index (χ1n) is 8.42. The van der Waals surface area contributed by atoms with Gasteiger partial charge >= 0.3 is 0 Å². The van der Waals surface area contributed by atoms with E-state index < -0.39 is 0 Å². The molecule has 2 aliphatic rings. The highest BCUT2D eigenvalue weighted by Gasteiger charge is 2.35. The van der Waals surface area contributed by atoms with Crippen LogP contribution in [0.3, 0.4) is 0 Å². The van der Waals surface area contributed by atoms with Crippen LogP contribution in [0.4, 0.5) is 0 Å². The molecule has 0 N–H and O–H groups in total. The van der Waals surface area contributed by atoms with Crippen LogP contribution in [0.15, 0.2) is 24.3 Å². The van der Waals surface area contributed by atoms with E-state index in [1.54, 1.807) is 36.1 Å². The van der Waals surface area contributed by atoms with Crippen molar-refractivity contribution >= 4 is 23.5 Å². The van der Waals surface area contributed by atoms with Gasteiger partial charge in [-0.05, 0) is 19.1 Å². The monoisotopic (exact) mass is 343 g/mol. The summed E-state index contributed by atoms with van der Waals surface area (Å²) in [7, 11) is 0. The van der Waals surface area contributed by atoms with Gasteiger partial charge in [0.15, 0.2) is 0 Å². The number of imide groups is 1. The van der Waals surface area contributed by atoms with Crippen LogP contribution in [-0.4, -0.2) is 77.5 Å². The van der Waals surface area contributed by atoms with Gasteiger partial charge in [-0.25, -0.2) is 0 Å². The van der Waals surface area contributed by atoms with E-state index in [1.165, 1.54) is 0 Å². The molecule has 25 heavy (non-hydrogen) atoms. The van der Waals surface area contributed by atoms with Gasteiger partial charge in [-0.3, -0.25) is 29.0 Å². The first-order valence-corrected chi connectivity index (χ1v) is 8.42. The highest BCUT2D eigenvalue weighted by Crippen LogP contribution is 2.22. The maximum Gasteiger partial charge on any atom is 0.261 e. The number of rotatable bonds is 5. The van der Waals surface area contributed by atoms with Crippen molar-refractivity contribution in [2.24, 2.45) is 0 Å². The molecule has 0 aromatic heterocycles. The van der Waals surface area contributed by atoms with Crippen LogP contribution < -0.4 is 0 Å². The fourth-order valence-corrected chi connectivity index (χ4v) is 3.28. The third-order valence-electron chi connectivity index (χ3n) is 4.60. The Balaban J connectivity index is 1.51. The maximum absolute atomic E-state index is 12.4. The third kappa shape index (κ3) is 3.61. The summed E-state index contributed by atoms with van der Waals surface area (Å²) in [6.07, 6.45) is 0.123. The molecule has 1 saturated heterocycles. The molecule has 0 saturated carbocycles. The number of carbonyl (C=O) groups is 4. The highest BCUT2D eigenvalue weighted by atomic mass is 16.2. The Labute approximate surface area is 146 Å². The van der Waals surface area contributed by atoms with E-state index in [9.17, 15) is 19.2 Å². The molecule has 0 spiro atoms. The molecule has 1 fully saturated rings. The smallest absolute Gasteiger partial charge is 0.261 e. The summed E-state index contributed by atoms with van der Waals surface area (Å²) in [5.41, 5.74) is 0.801. The lowest BCUT2D eigenvalue weighted by atomic mass is 10.1. The van der Waals surface area contributed by atoms with Crippen molar-refractivity contribution in [1.82, 2.24) is 14.7 Å². The van der Waals surface area contributed by atoms with Gasteiger partial charge in [0.05, 0.1) is 17.7 Å². The average molecular weight is 343 g/mol. The average Bonchev–Trinajstić information content (AvgIpc) is 2.84. The van der Waals surface area contributed by atoms with Crippen molar-refractivity contribution in [1.29, 1.82) is 0 Å². The van der Waals surface area contributed by atoms with Crippen LogP contribution in [0.1, 0.15) is 34.1 Å². The van der Waals surface area contributed by atoms with Gasteiger partial charge in [-0.15, -0.1) is 0 Å². The Morgan fingerprint density at radius 2 is 1.52 bits per heavy atom. The molecule has 0 radical (unpaired) electrons. The molecule has 0 bridgehead atoms. The number of benzene rings is 1. The second kappa shape index (κ2) is 7.14. The number of ketones is 1. The molecule has 7 heteroatoms. The van der Waals surface area contributed by atoms with Gasteiger partial charge in [0.1, 0.15) is 5.78 Å². The minimum absolute atomic E-state index is 0.0703. The van der Waals surface area contributed by atoms with Gasteiger partial charge in [0.25, 0.3) is 11.8 Å². The van der Waals surface area contributed by atoms with E-state index in [0.717, 1.165) is 4.90 Å². The van der Waals surface area contributed by atoms with Crippen LogP contribution in [0, 0.1) is 0 Å². The molecule has 0 aliphatic carbocycles. The van der Waals surface area contributed by atoms with Crippen molar-refractivity contribution < 1.29 is 19.2 Å². The van der Waals surface area contributed by atoms with E-state index in [2.05, 4.69) is 0 Å². The fraction of sp³-hybridized carbons (Fsp3) is 0.444. The lowest BCUT2D eigenvalue weighted by Crippen LogP contribution is -2.50. The van der Waals surface area contributed by atoms with Crippen molar-refractivity contribution in [3.8, 4) is 0 Å². The lowest BCUT2D eigenvalue weighted by Gasteiger charge is -2.34. The zero-order valence-corrected chi connectivity index (χ0v) is 14.2. The molecular weight excluding hydrogens is 322 g/mol. The summed E-state index contributed by atoms with van der Waals surface area (Å²) in [6.45, 7) is 4.52. The topological polar surface area (TPSA) is 78.0 Å². The second-order valence-electron chi connectivity index (χ2n) is 6.42. The molecule has 132 valence electrons. The number of piperazine rings is 1. The molecule has 2 aliphatic heterocycles. The molecule has 2 heterocycles.